The molecule has 3 aromatic carbocycles. The molecule has 33 heavy (non-hydrogen) atoms. The zero-order valence-electron chi connectivity index (χ0n) is 18.4. The molecule has 10 heteroatoms. The summed E-state index contributed by atoms with van der Waals surface area (Å²) in [5.41, 5.74) is 2.82. The average Bonchev–Trinajstić information content (AvgIpc) is 2.73. The summed E-state index contributed by atoms with van der Waals surface area (Å²) < 4.78 is 53.1. The van der Waals surface area contributed by atoms with E-state index < -0.39 is 32.5 Å². The minimum atomic E-state index is -3.74. The maximum atomic E-state index is 12.6. The highest BCUT2D eigenvalue weighted by atomic mass is 32.2. The Hall–Kier alpha value is -3.37. The number of anilines is 3. The van der Waals surface area contributed by atoms with Crippen molar-refractivity contribution in [2.24, 2.45) is 0 Å². The van der Waals surface area contributed by atoms with Gasteiger partial charge in [0.1, 0.15) is 6.54 Å². The first-order chi connectivity index (χ1) is 15.5. The topological polar surface area (TPSA) is 113 Å². The van der Waals surface area contributed by atoms with Crippen LogP contribution in [-0.2, 0) is 24.8 Å². The van der Waals surface area contributed by atoms with E-state index in [2.05, 4.69) is 10.0 Å². The Bertz CT molecular complexity index is 1350. The summed E-state index contributed by atoms with van der Waals surface area (Å²) >= 11 is 0. The molecule has 3 aromatic rings. The van der Waals surface area contributed by atoms with Gasteiger partial charge in [0.15, 0.2) is 0 Å². The number of carbonyl (C=O) groups excluding carboxylic acids is 1. The summed E-state index contributed by atoms with van der Waals surface area (Å²) in [7, 11) is -7.43. The van der Waals surface area contributed by atoms with Crippen molar-refractivity contribution in [2.75, 3.05) is 27.1 Å². The van der Waals surface area contributed by atoms with Gasteiger partial charge in [0.25, 0.3) is 10.0 Å². The van der Waals surface area contributed by atoms with Crippen LogP contribution in [-0.4, -0.2) is 35.5 Å². The summed E-state index contributed by atoms with van der Waals surface area (Å²) in [6, 6.07) is 19.4. The Morgan fingerprint density at radius 3 is 1.97 bits per heavy atom. The summed E-state index contributed by atoms with van der Waals surface area (Å²) in [5.74, 6) is -0.531. The molecule has 0 fully saturated rings. The second-order valence-electron chi connectivity index (χ2n) is 7.60. The molecule has 0 aliphatic heterocycles. The molecule has 0 spiro atoms. The molecule has 0 atom stereocenters. The molecular weight excluding hydrogens is 462 g/mol. The molecule has 0 saturated heterocycles. The number of carbonyl (C=O) groups is 1. The van der Waals surface area contributed by atoms with Gasteiger partial charge in [0, 0.05) is 11.4 Å². The standard InChI is InChI=1S/C23H25N3O5S2/c1-17-8-14-21(15-9-17)33(30,31)25-20-12-10-19(11-13-20)24-23(27)16-26(32(3,28)29)22-7-5-4-6-18(22)2/h4-15,25H,16H2,1-3H3,(H,24,27). The normalized spacial score (nSPS) is 11.6. The number of nitrogens with one attached hydrogen (secondary N) is 2. The highest BCUT2D eigenvalue weighted by Crippen LogP contribution is 2.23. The molecule has 0 bridgehead atoms. The average molecular weight is 488 g/mol. The predicted octanol–water partition coefficient (Wildman–Crippen LogP) is 3.51. The van der Waals surface area contributed by atoms with Gasteiger partial charge < -0.3 is 5.32 Å². The van der Waals surface area contributed by atoms with E-state index in [0.717, 1.165) is 21.7 Å². The minimum absolute atomic E-state index is 0.141. The molecule has 0 heterocycles. The van der Waals surface area contributed by atoms with Crippen molar-refractivity contribution in [1.29, 1.82) is 0 Å². The molecule has 0 aliphatic rings. The summed E-state index contributed by atoms with van der Waals surface area (Å²) in [4.78, 5) is 12.7. The van der Waals surface area contributed by atoms with Crippen molar-refractivity contribution < 1.29 is 21.6 Å². The van der Waals surface area contributed by atoms with E-state index in [1.807, 2.05) is 6.92 Å². The van der Waals surface area contributed by atoms with Crippen LogP contribution in [0.25, 0.3) is 0 Å². The zero-order chi connectivity index (χ0) is 24.2. The van der Waals surface area contributed by atoms with Crippen molar-refractivity contribution in [1.82, 2.24) is 0 Å². The molecule has 0 radical (unpaired) electrons. The number of benzene rings is 3. The number of hydrogen-bond donors (Lipinski definition) is 2. The lowest BCUT2D eigenvalue weighted by Gasteiger charge is -2.23. The lowest BCUT2D eigenvalue weighted by molar-refractivity contribution is -0.114. The molecule has 1 amide bonds. The van der Waals surface area contributed by atoms with E-state index in [4.69, 9.17) is 0 Å². The zero-order valence-corrected chi connectivity index (χ0v) is 20.1. The van der Waals surface area contributed by atoms with Gasteiger partial charge in [-0.3, -0.25) is 13.8 Å². The first kappa shape index (κ1) is 24.3. The molecule has 0 aliphatic carbocycles. The number of nitrogens with zero attached hydrogens (tertiary/aromatic N) is 1. The number of amides is 1. The Morgan fingerprint density at radius 2 is 1.39 bits per heavy atom. The summed E-state index contributed by atoms with van der Waals surface area (Å²) in [5, 5.41) is 2.64. The third-order valence-electron chi connectivity index (χ3n) is 4.82. The summed E-state index contributed by atoms with van der Waals surface area (Å²) in [6.45, 7) is 3.24. The van der Waals surface area contributed by atoms with Crippen molar-refractivity contribution in [3.05, 3.63) is 83.9 Å². The van der Waals surface area contributed by atoms with Gasteiger partial charge >= 0.3 is 0 Å². The minimum Gasteiger partial charge on any atom is -0.325 e. The Kier molecular flexibility index (Phi) is 7.09. The molecule has 0 unspecified atom stereocenters. The SMILES string of the molecule is Cc1ccc(S(=O)(=O)Nc2ccc(NC(=O)CN(c3ccccc3C)S(C)(=O)=O)cc2)cc1. The Balaban J connectivity index is 1.69. The maximum absolute atomic E-state index is 12.6. The van der Waals surface area contributed by atoms with Crippen LogP contribution in [0.5, 0.6) is 0 Å². The van der Waals surface area contributed by atoms with Gasteiger partial charge in [-0.05, 0) is 61.9 Å². The van der Waals surface area contributed by atoms with Gasteiger partial charge in [-0.15, -0.1) is 0 Å². The Morgan fingerprint density at radius 1 is 0.818 bits per heavy atom. The third kappa shape index (κ3) is 6.33. The monoisotopic (exact) mass is 487 g/mol. The van der Waals surface area contributed by atoms with Crippen molar-refractivity contribution in [2.45, 2.75) is 18.7 Å². The van der Waals surface area contributed by atoms with Crippen molar-refractivity contribution >= 4 is 43.0 Å². The highest BCUT2D eigenvalue weighted by Gasteiger charge is 2.22. The molecular formula is C23H25N3O5S2. The van der Waals surface area contributed by atoms with E-state index in [1.165, 1.54) is 36.4 Å². The van der Waals surface area contributed by atoms with E-state index in [1.54, 1.807) is 43.3 Å². The maximum Gasteiger partial charge on any atom is 0.261 e. The van der Waals surface area contributed by atoms with Crippen LogP contribution in [0.15, 0.2) is 77.7 Å². The number of para-hydroxylation sites is 1. The van der Waals surface area contributed by atoms with Crippen LogP contribution in [0.4, 0.5) is 17.1 Å². The third-order valence-corrected chi connectivity index (χ3v) is 7.35. The lowest BCUT2D eigenvalue weighted by atomic mass is 10.2. The van der Waals surface area contributed by atoms with Crippen LogP contribution >= 0.6 is 0 Å². The smallest absolute Gasteiger partial charge is 0.261 e. The van der Waals surface area contributed by atoms with Crippen LogP contribution < -0.4 is 14.3 Å². The fraction of sp³-hybridized carbons (Fsp3) is 0.174. The van der Waals surface area contributed by atoms with E-state index in [9.17, 15) is 21.6 Å². The van der Waals surface area contributed by atoms with Crippen LogP contribution in [0, 0.1) is 13.8 Å². The van der Waals surface area contributed by atoms with Crippen LogP contribution in [0.2, 0.25) is 0 Å². The van der Waals surface area contributed by atoms with E-state index >= 15 is 0 Å². The quantitative estimate of drug-likeness (QED) is 0.505. The molecule has 3 rings (SSSR count). The number of rotatable bonds is 8. The first-order valence-electron chi connectivity index (χ1n) is 9.98. The highest BCUT2D eigenvalue weighted by molar-refractivity contribution is 7.92. The second-order valence-corrected chi connectivity index (χ2v) is 11.2. The van der Waals surface area contributed by atoms with Gasteiger partial charge in [-0.2, -0.15) is 0 Å². The fourth-order valence-electron chi connectivity index (χ4n) is 3.11. The van der Waals surface area contributed by atoms with Gasteiger partial charge in [0.2, 0.25) is 15.9 Å². The van der Waals surface area contributed by atoms with E-state index in [0.29, 0.717) is 17.1 Å². The summed E-state index contributed by atoms with van der Waals surface area (Å²) in [6.07, 6.45) is 1.04. The largest absolute Gasteiger partial charge is 0.325 e. The van der Waals surface area contributed by atoms with Crippen LogP contribution in [0.1, 0.15) is 11.1 Å². The predicted molar refractivity (Wildman–Crippen MR) is 130 cm³/mol. The number of sulfonamides is 2. The number of aryl methyl sites for hydroxylation is 2. The fourth-order valence-corrected chi connectivity index (χ4v) is 5.08. The Labute approximate surface area is 194 Å². The second kappa shape index (κ2) is 9.63. The molecule has 0 saturated carbocycles. The first-order valence-corrected chi connectivity index (χ1v) is 13.3. The van der Waals surface area contributed by atoms with Crippen molar-refractivity contribution in [3.8, 4) is 0 Å². The van der Waals surface area contributed by atoms with Crippen LogP contribution in [0.3, 0.4) is 0 Å². The van der Waals surface area contributed by atoms with Crippen molar-refractivity contribution in [3.63, 3.8) is 0 Å². The number of hydrogen-bond acceptors (Lipinski definition) is 5. The van der Waals surface area contributed by atoms with E-state index in [-0.39, 0.29) is 4.90 Å². The van der Waals surface area contributed by atoms with Gasteiger partial charge in [0.05, 0.1) is 16.8 Å². The molecule has 174 valence electrons. The lowest BCUT2D eigenvalue weighted by Crippen LogP contribution is -2.37. The molecule has 8 nitrogen and oxygen atoms in total. The molecule has 0 aromatic heterocycles. The molecule has 2 N–H and O–H groups in total. The van der Waals surface area contributed by atoms with Gasteiger partial charge in [-0.25, -0.2) is 16.8 Å². The van der Waals surface area contributed by atoms with Gasteiger partial charge in [-0.1, -0.05) is 35.9 Å².